The van der Waals surface area contributed by atoms with Gasteiger partial charge in [0.05, 0.1) is 12.8 Å². The summed E-state index contributed by atoms with van der Waals surface area (Å²) >= 11 is 0. The van der Waals surface area contributed by atoms with Gasteiger partial charge in [-0.15, -0.1) is 0 Å². The number of nitrogens with zero attached hydrogens (tertiary/aromatic N) is 3. The molecule has 0 bridgehead atoms. The molecule has 1 saturated heterocycles. The van der Waals surface area contributed by atoms with Crippen molar-refractivity contribution in [3.05, 3.63) is 17.5 Å². The van der Waals surface area contributed by atoms with Crippen molar-refractivity contribution in [3.63, 3.8) is 0 Å². The zero-order valence-electron chi connectivity index (χ0n) is 12.2. The normalized spacial score (nSPS) is 19.0. The summed E-state index contributed by atoms with van der Waals surface area (Å²) in [6.45, 7) is 5.64. The molecule has 5 heteroatoms. The first kappa shape index (κ1) is 14.5. The molecule has 2 rings (SSSR count). The van der Waals surface area contributed by atoms with E-state index in [1.807, 2.05) is 17.9 Å². The van der Waals surface area contributed by atoms with Crippen LogP contribution in [-0.2, 0) is 18.3 Å². The zero-order valence-corrected chi connectivity index (χ0v) is 12.2. The van der Waals surface area contributed by atoms with Gasteiger partial charge in [-0.05, 0) is 26.8 Å². The van der Waals surface area contributed by atoms with Gasteiger partial charge in [0, 0.05) is 50.0 Å². The third-order valence-electron chi connectivity index (χ3n) is 4.27. The number of ether oxygens (including phenoxy) is 1. The zero-order chi connectivity index (χ0) is 13.9. The molecule has 0 saturated carbocycles. The van der Waals surface area contributed by atoms with Crippen LogP contribution < -0.4 is 0 Å². The highest BCUT2D eigenvalue weighted by Crippen LogP contribution is 2.31. The molecular weight excluding hydrogens is 242 g/mol. The minimum Gasteiger partial charge on any atom is -0.396 e. The molecular formula is C14H25N3O2. The van der Waals surface area contributed by atoms with Crippen LogP contribution in [0.3, 0.4) is 0 Å². The monoisotopic (exact) mass is 267 g/mol. The minimum absolute atomic E-state index is 0.00309. The van der Waals surface area contributed by atoms with E-state index in [1.165, 1.54) is 11.3 Å². The molecule has 1 aromatic rings. The lowest BCUT2D eigenvalue weighted by Crippen LogP contribution is -2.42. The van der Waals surface area contributed by atoms with Gasteiger partial charge in [-0.1, -0.05) is 0 Å². The Balaban J connectivity index is 1.96. The van der Waals surface area contributed by atoms with Crippen molar-refractivity contribution in [3.8, 4) is 0 Å². The number of aromatic nitrogens is 2. The van der Waals surface area contributed by atoms with E-state index in [0.29, 0.717) is 0 Å². The molecule has 0 aliphatic carbocycles. The van der Waals surface area contributed by atoms with Crippen molar-refractivity contribution in [2.24, 2.45) is 12.5 Å². The molecule has 1 aliphatic rings. The van der Waals surface area contributed by atoms with Crippen molar-refractivity contribution >= 4 is 0 Å². The van der Waals surface area contributed by atoms with Crippen LogP contribution in [0.2, 0.25) is 0 Å². The molecule has 0 spiro atoms. The summed E-state index contributed by atoms with van der Waals surface area (Å²) in [6.07, 6.45) is 3.82. The number of aryl methyl sites for hydroxylation is 1. The summed E-state index contributed by atoms with van der Waals surface area (Å²) in [5.41, 5.74) is 2.46. The van der Waals surface area contributed by atoms with E-state index >= 15 is 0 Å². The number of aliphatic hydroxyl groups excluding tert-OH is 1. The maximum Gasteiger partial charge on any atom is 0.0537 e. The molecule has 108 valence electrons. The van der Waals surface area contributed by atoms with Gasteiger partial charge in [-0.25, -0.2) is 0 Å². The second kappa shape index (κ2) is 6.03. The van der Waals surface area contributed by atoms with E-state index in [-0.39, 0.29) is 12.0 Å². The molecule has 0 aromatic carbocycles. The van der Waals surface area contributed by atoms with E-state index in [4.69, 9.17) is 4.74 Å². The number of hydrogen-bond acceptors (Lipinski definition) is 4. The highest BCUT2D eigenvalue weighted by atomic mass is 16.5. The SMILES string of the molecule is Cc1c(CN(C)CC2(CO)CCOCC2)cnn1C. The van der Waals surface area contributed by atoms with Gasteiger partial charge in [0.2, 0.25) is 0 Å². The highest BCUT2D eigenvalue weighted by Gasteiger charge is 2.33. The summed E-state index contributed by atoms with van der Waals surface area (Å²) < 4.78 is 7.31. The molecule has 5 nitrogen and oxygen atoms in total. The lowest BCUT2D eigenvalue weighted by molar-refractivity contribution is -0.0318. The second-order valence-corrected chi connectivity index (χ2v) is 5.82. The first-order valence-corrected chi connectivity index (χ1v) is 6.91. The molecule has 0 radical (unpaired) electrons. The Bertz CT molecular complexity index is 411. The molecule has 1 N–H and O–H groups in total. The predicted molar refractivity (Wildman–Crippen MR) is 73.9 cm³/mol. The summed E-state index contributed by atoms with van der Waals surface area (Å²) in [5, 5.41) is 14.0. The Morgan fingerprint density at radius 2 is 2.16 bits per heavy atom. The van der Waals surface area contributed by atoms with Crippen molar-refractivity contribution in [1.29, 1.82) is 0 Å². The fourth-order valence-electron chi connectivity index (χ4n) is 2.79. The van der Waals surface area contributed by atoms with Crippen LogP contribution in [0.5, 0.6) is 0 Å². The van der Waals surface area contributed by atoms with Crippen LogP contribution in [0.1, 0.15) is 24.1 Å². The first-order valence-electron chi connectivity index (χ1n) is 6.91. The second-order valence-electron chi connectivity index (χ2n) is 5.82. The van der Waals surface area contributed by atoms with Gasteiger partial charge in [0.15, 0.2) is 0 Å². The number of rotatable bonds is 5. The fourth-order valence-corrected chi connectivity index (χ4v) is 2.79. The topological polar surface area (TPSA) is 50.5 Å². The molecule has 0 amide bonds. The Labute approximate surface area is 115 Å². The van der Waals surface area contributed by atoms with Crippen molar-refractivity contribution in [2.45, 2.75) is 26.3 Å². The van der Waals surface area contributed by atoms with Crippen LogP contribution in [-0.4, -0.2) is 53.2 Å². The van der Waals surface area contributed by atoms with Gasteiger partial charge in [-0.2, -0.15) is 5.10 Å². The summed E-state index contributed by atoms with van der Waals surface area (Å²) in [7, 11) is 4.08. The van der Waals surface area contributed by atoms with Crippen LogP contribution in [0.25, 0.3) is 0 Å². The predicted octanol–water partition coefficient (Wildman–Crippen LogP) is 0.949. The largest absolute Gasteiger partial charge is 0.396 e. The minimum atomic E-state index is 0.00309. The molecule has 19 heavy (non-hydrogen) atoms. The van der Waals surface area contributed by atoms with Gasteiger partial charge in [-0.3, -0.25) is 4.68 Å². The Kier molecular flexibility index (Phi) is 4.60. The molecule has 0 unspecified atom stereocenters. The average molecular weight is 267 g/mol. The number of aliphatic hydroxyl groups is 1. The van der Waals surface area contributed by atoms with Gasteiger partial charge < -0.3 is 14.7 Å². The number of hydrogen-bond donors (Lipinski definition) is 1. The van der Waals surface area contributed by atoms with Crippen LogP contribution >= 0.6 is 0 Å². The van der Waals surface area contributed by atoms with Gasteiger partial charge in [0.1, 0.15) is 0 Å². The average Bonchev–Trinajstić information content (AvgIpc) is 2.72. The fraction of sp³-hybridized carbons (Fsp3) is 0.786. The van der Waals surface area contributed by atoms with Crippen molar-refractivity contribution < 1.29 is 9.84 Å². The third-order valence-corrected chi connectivity index (χ3v) is 4.27. The maximum absolute atomic E-state index is 9.72. The van der Waals surface area contributed by atoms with E-state index < -0.39 is 0 Å². The van der Waals surface area contributed by atoms with Gasteiger partial charge >= 0.3 is 0 Å². The molecule has 1 aromatic heterocycles. The Morgan fingerprint density at radius 1 is 1.47 bits per heavy atom. The van der Waals surface area contributed by atoms with Gasteiger partial charge in [0.25, 0.3) is 0 Å². The van der Waals surface area contributed by atoms with Crippen LogP contribution in [0, 0.1) is 12.3 Å². The maximum atomic E-state index is 9.72. The van der Waals surface area contributed by atoms with Crippen LogP contribution in [0.15, 0.2) is 6.20 Å². The van der Waals surface area contributed by atoms with Crippen LogP contribution in [0.4, 0.5) is 0 Å². The molecule has 1 aliphatic heterocycles. The molecule has 0 atom stereocenters. The third kappa shape index (κ3) is 3.35. The summed E-state index contributed by atoms with van der Waals surface area (Å²) in [4.78, 5) is 2.28. The summed E-state index contributed by atoms with van der Waals surface area (Å²) in [6, 6.07) is 0. The Morgan fingerprint density at radius 3 is 2.68 bits per heavy atom. The van der Waals surface area contributed by atoms with Crippen molar-refractivity contribution in [2.75, 3.05) is 33.4 Å². The smallest absolute Gasteiger partial charge is 0.0537 e. The summed E-state index contributed by atoms with van der Waals surface area (Å²) in [5.74, 6) is 0. The quantitative estimate of drug-likeness (QED) is 0.863. The van der Waals surface area contributed by atoms with Crippen molar-refractivity contribution in [1.82, 2.24) is 14.7 Å². The molecule has 1 fully saturated rings. The Hall–Kier alpha value is -0.910. The first-order chi connectivity index (χ1) is 9.06. The van der Waals surface area contributed by atoms with E-state index in [1.54, 1.807) is 0 Å². The van der Waals surface area contributed by atoms with E-state index in [9.17, 15) is 5.11 Å². The highest BCUT2D eigenvalue weighted by molar-refractivity contribution is 5.15. The van der Waals surface area contributed by atoms with E-state index in [0.717, 1.165) is 39.1 Å². The molecule has 2 heterocycles. The lowest BCUT2D eigenvalue weighted by atomic mass is 9.80. The standard InChI is InChI=1S/C14H25N3O2/c1-12-13(8-15-17(12)3)9-16(2)10-14(11-18)4-6-19-7-5-14/h8,18H,4-7,9-11H2,1-3H3. The lowest BCUT2D eigenvalue weighted by Gasteiger charge is -2.38. The van der Waals surface area contributed by atoms with E-state index in [2.05, 4.69) is 24.0 Å².